The smallest absolute Gasteiger partial charge is 0.411 e. The molecule has 3 rings (SSSR count). The van der Waals surface area contributed by atoms with Gasteiger partial charge in [0.1, 0.15) is 18.5 Å². The van der Waals surface area contributed by atoms with Crippen LogP contribution in [0.3, 0.4) is 0 Å². The minimum Gasteiger partial charge on any atom is -0.491 e. The van der Waals surface area contributed by atoms with Gasteiger partial charge in [0.25, 0.3) is 0 Å². The van der Waals surface area contributed by atoms with Crippen LogP contribution >= 0.6 is 0 Å². The third kappa shape index (κ3) is 8.30. The molecule has 0 radical (unpaired) electrons. The van der Waals surface area contributed by atoms with Crippen LogP contribution in [0.5, 0.6) is 5.75 Å². The SMILES string of the molecule is COC(=O)Nc1ccc(C(CNC[C@H](O)COc2ccccc2)c2ccc(NC(=O)OC)cc2)cc1. The number of carbonyl (C=O) groups excluding carboxylic acids is 2. The van der Waals surface area contributed by atoms with E-state index in [4.69, 9.17) is 4.74 Å². The topological polar surface area (TPSA) is 118 Å². The van der Waals surface area contributed by atoms with Gasteiger partial charge in [0.15, 0.2) is 0 Å². The molecule has 36 heavy (non-hydrogen) atoms. The second kappa shape index (κ2) is 13.7. The van der Waals surface area contributed by atoms with Gasteiger partial charge in [-0.15, -0.1) is 0 Å². The minimum atomic E-state index is -0.691. The number of aliphatic hydroxyl groups is 1. The number of carbonyl (C=O) groups is 2. The molecule has 4 N–H and O–H groups in total. The van der Waals surface area contributed by atoms with Gasteiger partial charge in [0.05, 0.1) is 14.2 Å². The molecule has 3 aromatic rings. The van der Waals surface area contributed by atoms with Crippen molar-refractivity contribution in [3.63, 3.8) is 0 Å². The van der Waals surface area contributed by atoms with E-state index in [0.29, 0.717) is 30.2 Å². The molecule has 0 aromatic heterocycles. The highest BCUT2D eigenvalue weighted by molar-refractivity contribution is 5.85. The number of para-hydroxylation sites is 1. The highest BCUT2D eigenvalue weighted by atomic mass is 16.5. The summed E-state index contributed by atoms with van der Waals surface area (Å²) in [5.74, 6) is 0.641. The first-order valence-corrected chi connectivity index (χ1v) is 11.4. The summed E-state index contributed by atoms with van der Waals surface area (Å²) >= 11 is 0. The van der Waals surface area contributed by atoms with Gasteiger partial charge in [-0.05, 0) is 47.5 Å². The third-order valence-corrected chi connectivity index (χ3v) is 5.40. The van der Waals surface area contributed by atoms with Crippen LogP contribution in [0.15, 0.2) is 78.9 Å². The lowest BCUT2D eigenvalue weighted by molar-refractivity contribution is 0.106. The molecule has 190 valence electrons. The molecule has 0 saturated heterocycles. The lowest BCUT2D eigenvalue weighted by atomic mass is 9.91. The average Bonchev–Trinajstić information content (AvgIpc) is 2.91. The summed E-state index contributed by atoms with van der Waals surface area (Å²) in [5, 5.41) is 19.0. The van der Waals surface area contributed by atoms with Crippen LogP contribution < -0.4 is 20.7 Å². The maximum atomic E-state index is 11.5. The van der Waals surface area contributed by atoms with E-state index in [1.54, 1.807) is 24.3 Å². The fourth-order valence-electron chi connectivity index (χ4n) is 3.53. The van der Waals surface area contributed by atoms with Crippen molar-refractivity contribution in [3.05, 3.63) is 90.0 Å². The number of ether oxygens (including phenoxy) is 3. The second-order valence-corrected chi connectivity index (χ2v) is 7.97. The third-order valence-electron chi connectivity index (χ3n) is 5.40. The standard InChI is InChI=1S/C27H31N3O6/c1-34-26(32)29-21-12-8-19(9-13-21)25(20-10-14-22(15-11-20)30-27(33)35-2)17-28-16-23(31)18-36-24-6-4-3-5-7-24/h3-15,23,25,28,31H,16-18H2,1-2H3,(H,29,32)(H,30,33)/t23-/m0/s1. The monoisotopic (exact) mass is 493 g/mol. The molecular formula is C27H31N3O6. The number of hydrogen-bond donors (Lipinski definition) is 4. The molecule has 0 aliphatic rings. The van der Waals surface area contributed by atoms with Crippen molar-refractivity contribution in [1.29, 1.82) is 0 Å². The van der Waals surface area contributed by atoms with Gasteiger partial charge in [-0.2, -0.15) is 0 Å². The summed E-state index contributed by atoms with van der Waals surface area (Å²) in [7, 11) is 2.62. The Morgan fingerprint density at radius 1 is 0.750 bits per heavy atom. The summed E-state index contributed by atoms with van der Waals surface area (Å²) in [5.41, 5.74) is 3.23. The number of rotatable bonds is 11. The van der Waals surface area contributed by atoms with E-state index in [9.17, 15) is 14.7 Å². The van der Waals surface area contributed by atoms with Crippen LogP contribution in [0.2, 0.25) is 0 Å². The lowest BCUT2D eigenvalue weighted by Gasteiger charge is -2.21. The number of nitrogens with one attached hydrogen (secondary N) is 3. The molecule has 0 heterocycles. The van der Waals surface area contributed by atoms with Gasteiger partial charge in [0.2, 0.25) is 0 Å². The van der Waals surface area contributed by atoms with E-state index < -0.39 is 18.3 Å². The van der Waals surface area contributed by atoms with Crippen molar-refractivity contribution in [2.45, 2.75) is 12.0 Å². The summed E-state index contributed by atoms with van der Waals surface area (Å²) < 4.78 is 14.9. The number of hydrogen-bond acceptors (Lipinski definition) is 7. The minimum absolute atomic E-state index is 0.0633. The van der Waals surface area contributed by atoms with Crippen molar-refractivity contribution in [2.24, 2.45) is 0 Å². The molecule has 2 amide bonds. The number of anilines is 2. The molecule has 9 heteroatoms. The Bertz CT molecular complexity index is 1030. The lowest BCUT2D eigenvalue weighted by Crippen LogP contribution is -2.34. The summed E-state index contributed by atoms with van der Waals surface area (Å²) in [6, 6.07) is 24.2. The van der Waals surface area contributed by atoms with E-state index >= 15 is 0 Å². The van der Waals surface area contributed by atoms with Gasteiger partial charge in [-0.1, -0.05) is 42.5 Å². The van der Waals surface area contributed by atoms with E-state index in [0.717, 1.165) is 11.1 Å². The Morgan fingerprint density at radius 3 is 1.72 bits per heavy atom. The number of aliphatic hydroxyl groups excluding tert-OH is 1. The van der Waals surface area contributed by atoms with Gasteiger partial charge < -0.3 is 24.6 Å². The van der Waals surface area contributed by atoms with Crippen LogP contribution in [0.25, 0.3) is 0 Å². The molecule has 0 unspecified atom stereocenters. The predicted octanol–water partition coefficient (Wildman–Crippen LogP) is 4.20. The number of amides is 2. The largest absolute Gasteiger partial charge is 0.491 e. The Kier molecular flexibility index (Phi) is 10.1. The van der Waals surface area contributed by atoms with Crippen molar-refractivity contribution >= 4 is 23.6 Å². The molecule has 3 aromatic carbocycles. The first-order valence-electron chi connectivity index (χ1n) is 11.4. The highest BCUT2D eigenvalue weighted by Crippen LogP contribution is 2.27. The summed E-state index contributed by atoms with van der Waals surface area (Å²) in [6.45, 7) is 1.05. The van der Waals surface area contributed by atoms with E-state index in [1.165, 1.54) is 14.2 Å². The molecule has 0 spiro atoms. The Labute approximate surface area is 210 Å². The van der Waals surface area contributed by atoms with Crippen LogP contribution in [-0.4, -0.2) is 57.3 Å². The maximum Gasteiger partial charge on any atom is 0.411 e. The Balaban J connectivity index is 1.67. The normalized spacial score (nSPS) is 11.4. The van der Waals surface area contributed by atoms with E-state index in [1.807, 2.05) is 54.6 Å². The molecule has 0 fully saturated rings. The average molecular weight is 494 g/mol. The van der Waals surface area contributed by atoms with Gasteiger partial charge in [-0.25, -0.2) is 9.59 Å². The van der Waals surface area contributed by atoms with Crippen LogP contribution in [0, 0.1) is 0 Å². The van der Waals surface area contributed by atoms with Crippen molar-refractivity contribution in [2.75, 3.05) is 44.5 Å². The molecule has 0 aliphatic carbocycles. The van der Waals surface area contributed by atoms with E-state index in [2.05, 4.69) is 25.4 Å². The predicted molar refractivity (Wildman–Crippen MR) is 138 cm³/mol. The van der Waals surface area contributed by atoms with Gasteiger partial charge in [-0.3, -0.25) is 10.6 Å². The molecule has 0 saturated carbocycles. The summed E-state index contributed by atoms with van der Waals surface area (Å²) in [4.78, 5) is 23.0. The fourth-order valence-corrected chi connectivity index (χ4v) is 3.53. The van der Waals surface area contributed by atoms with E-state index in [-0.39, 0.29) is 12.5 Å². The molecule has 9 nitrogen and oxygen atoms in total. The highest BCUT2D eigenvalue weighted by Gasteiger charge is 2.16. The quantitative estimate of drug-likeness (QED) is 0.316. The molecular weight excluding hydrogens is 462 g/mol. The number of methoxy groups -OCH3 is 2. The molecule has 0 bridgehead atoms. The first kappa shape index (κ1) is 26.5. The van der Waals surface area contributed by atoms with Crippen LogP contribution in [0.1, 0.15) is 17.0 Å². The fraction of sp³-hybridized carbons (Fsp3) is 0.259. The maximum absolute atomic E-state index is 11.5. The van der Waals surface area contributed by atoms with Gasteiger partial charge >= 0.3 is 12.2 Å². The zero-order valence-electron chi connectivity index (χ0n) is 20.3. The van der Waals surface area contributed by atoms with Crippen molar-refractivity contribution in [1.82, 2.24) is 5.32 Å². The van der Waals surface area contributed by atoms with Crippen molar-refractivity contribution < 1.29 is 28.9 Å². The Hall–Kier alpha value is -4.08. The first-order chi connectivity index (χ1) is 17.5. The summed E-state index contributed by atoms with van der Waals surface area (Å²) in [6.07, 6.45) is -1.77. The van der Waals surface area contributed by atoms with Crippen LogP contribution in [0.4, 0.5) is 21.0 Å². The zero-order valence-corrected chi connectivity index (χ0v) is 20.3. The number of benzene rings is 3. The zero-order chi connectivity index (χ0) is 25.8. The van der Waals surface area contributed by atoms with Crippen LogP contribution in [-0.2, 0) is 9.47 Å². The second-order valence-electron chi connectivity index (χ2n) is 7.97. The molecule has 1 atom stereocenters. The van der Waals surface area contributed by atoms with Gasteiger partial charge in [0, 0.05) is 30.4 Å². The Morgan fingerprint density at radius 2 is 1.25 bits per heavy atom. The molecule has 0 aliphatic heterocycles. The van der Waals surface area contributed by atoms with Crippen molar-refractivity contribution in [3.8, 4) is 5.75 Å².